The van der Waals surface area contributed by atoms with E-state index in [4.69, 9.17) is 15.2 Å². The Hall–Kier alpha value is -1.17. The lowest BCUT2D eigenvalue weighted by molar-refractivity contribution is -0.131. The lowest BCUT2D eigenvalue weighted by Gasteiger charge is -2.22. The second kappa shape index (κ2) is 41.0. The fraction of sp³-hybridized carbons (Fsp3) is 0.881. The van der Waals surface area contributed by atoms with Crippen LogP contribution in [0.4, 0.5) is 0 Å². The fourth-order valence-electron chi connectivity index (χ4n) is 5.95. The minimum absolute atomic E-state index is 0.0216. The molecule has 0 aliphatic heterocycles. The van der Waals surface area contributed by atoms with Crippen LogP contribution in [0.25, 0.3) is 0 Å². The average molecular weight is 663 g/mol. The molecule has 0 rings (SSSR count). The van der Waals surface area contributed by atoms with Crippen molar-refractivity contribution >= 4 is 5.91 Å². The maximum absolute atomic E-state index is 12.2. The van der Waals surface area contributed by atoms with E-state index in [1.807, 2.05) is 0 Å². The minimum Gasteiger partial charge on any atom is -0.380 e. The molecule has 0 aromatic heterocycles. The number of amides is 1. The van der Waals surface area contributed by atoms with Crippen LogP contribution < -0.4 is 5.73 Å². The Labute approximate surface area is 294 Å². The summed E-state index contributed by atoms with van der Waals surface area (Å²) in [5.74, 6) is -0.0216. The summed E-state index contributed by atoms with van der Waals surface area (Å²) in [7, 11) is 0. The van der Waals surface area contributed by atoms with E-state index in [0.717, 1.165) is 26.1 Å². The molecule has 0 fully saturated rings. The van der Waals surface area contributed by atoms with Crippen molar-refractivity contribution in [2.24, 2.45) is 5.73 Å². The summed E-state index contributed by atoms with van der Waals surface area (Å²) in [5.41, 5.74) is 5.64. The van der Waals surface area contributed by atoms with Gasteiger partial charge in [-0.15, -0.1) is 0 Å². The molecule has 5 heteroatoms. The second-order valence-electron chi connectivity index (χ2n) is 13.7. The van der Waals surface area contributed by atoms with E-state index < -0.39 is 0 Å². The van der Waals surface area contributed by atoms with E-state index in [0.29, 0.717) is 26.3 Å². The Morgan fingerprint density at radius 3 is 1.06 bits per heavy atom. The van der Waals surface area contributed by atoms with Crippen molar-refractivity contribution in [2.75, 3.05) is 46.1 Å². The van der Waals surface area contributed by atoms with Crippen LogP contribution in [-0.2, 0) is 14.3 Å². The summed E-state index contributed by atoms with van der Waals surface area (Å²) in [4.78, 5) is 14.0. The normalized spacial score (nSPS) is 11.8. The number of ether oxygens (including phenoxy) is 2. The Kier molecular flexibility index (Phi) is 40.0. The largest absolute Gasteiger partial charge is 0.380 e. The van der Waals surface area contributed by atoms with Crippen LogP contribution in [0.2, 0.25) is 0 Å². The molecule has 0 aliphatic rings. The van der Waals surface area contributed by atoms with Gasteiger partial charge in [-0.25, -0.2) is 0 Å². The Morgan fingerprint density at radius 1 is 0.447 bits per heavy atom. The van der Waals surface area contributed by atoms with Gasteiger partial charge in [0, 0.05) is 26.3 Å². The van der Waals surface area contributed by atoms with Gasteiger partial charge < -0.3 is 20.1 Å². The number of hydrogen-bond acceptors (Lipinski definition) is 4. The first kappa shape index (κ1) is 45.8. The topological polar surface area (TPSA) is 64.8 Å². The zero-order valence-electron chi connectivity index (χ0n) is 31.8. The maximum atomic E-state index is 12.2. The molecule has 2 N–H and O–H groups in total. The van der Waals surface area contributed by atoms with Gasteiger partial charge in [0.25, 0.3) is 0 Å². The lowest BCUT2D eigenvalue weighted by atomic mass is 10.1. The lowest BCUT2D eigenvalue weighted by Crippen LogP contribution is -2.40. The van der Waals surface area contributed by atoms with E-state index in [-0.39, 0.29) is 12.5 Å². The molecule has 0 saturated heterocycles. The molecular weight excluding hydrogens is 580 g/mol. The van der Waals surface area contributed by atoms with Gasteiger partial charge >= 0.3 is 0 Å². The van der Waals surface area contributed by atoms with Crippen LogP contribution in [0.3, 0.4) is 0 Å². The van der Waals surface area contributed by atoms with Crippen LogP contribution >= 0.6 is 0 Å². The highest BCUT2D eigenvalue weighted by Gasteiger charge is 2.11. The van der Waals surface area contributed by atoms with Crippen molar-refractivity contribution in [1.29, 1.82) is 0 Å². The smallest absolute Gasteiger partial charge is 0.236 e. The summed E-state index contributed by atoms with van der Waals surface area (Å²) in [6.45, 7) is 8.50. The van der Waals surface area contributed by atoms with Crippen molar-refractivity contribution < 1.29 is 14.3 Å². The first-order valence-electron chi connectivity index (χ1n) is 20.7. The molecule has 0 unspecified atom stereocenters. The van der Waals surface area contributed by atoms with Gasteiger partial charge in [-0.2, -0.15) is 0 Å². The molecule has 5 nitrogen and oxygen atoms in total. The van der Waals surface area contributed by atoms with Crippen LogP contribution in [0, 0.1) is 0 Å². The molecule has 0 heterocycles. The van der Waals surface area contributed by atoms with Gasteiger partial charge in [0.15, 0.2) is 0 Å². The third-order valence-corrected chi connectivity index (χ3v) is 9.14. The Balaban J connectivity index is 3.51. The number of nitrogens with two attached hydrogens (primary N) is 1. The van der Waals surface area contributed by atoms with Gasteiger partial charge in [0.2, 0.25) is 5.91 Å². The van der Waals surface area contributed by atoms with E-state index in [9.17, 15) is 4.79 Å². The molecule has 0 aromatic rings. The monoisotopic (exact) mass is 663 g/mol. The molecule has 1 amide bonds. The van der Waals surface area contributed by atoms with Crippen molar-refractivity contribution in [3.8, 4) is 0 Å². The molecule has 0 spiro atoms. The second-order valence-corrected chi connectivity index (χ2v) is 13.7. The third kappa shape index (κ3) is 37.5. The predicted octanol–water partition coefficient (Wildman–Crippen LogP) is 11.9. The number of rotatable bonds is 39. The molecule has 47 heavy (non-hydrogen) atoms. The van der Waals surface area contributed by atoms with E-state index >= 15 is 0 Å². The molecule has 0 atom stereocenters. The van der Waals surface area contributed by atoms with Gasteiger partial charge in [-0.05, 0) is 64.2 Å². The van der Waals surface area contributed by atoms with Crippen LogP contribution in [0.5, 0.6) is 0 Å². The van der Waals surface area contributed by atoms with Gasteiger partial charge in [-0.1, -0.05) is 154 Å². The maximum Gasteiger partial charge on any atom is 0.236 e. The molecule has 0 aromatic carbocycles. The standard InChI is InChI=1S/C42H82N2O3/c1-3-5-7-9-11-13-15-17-19-21-23-25-27-29-31-33-37-46-39-35-44(42(45)41-43)36-40-47-38-34-32-30-28-26-24-22-20-18-16-14-12-10-8-6-4-2/h17-20H,3-16,21-41,43H2,1-2H3. The number of nitrogens with zero attached hydrogens (tertiary/aromatic N) is 1. The van der Waals surface area contributed by atoms with Crippen molar-refractivity contribution in [3.05, 3.63) is 24.3 Å². The summed E-state index contributed by atoms with van der Waals surface area (Å²) in [6.07, 6.45) is 46.3. The average Bonchev–Trinajstić information content (AvgIpc) is 3.09. The number of hydrogen-bond donors (Lipinski definition) is 1. The molecule has 0 saturated carbocycles. The third-order valence-electron chi connectivity index (χ3n) is 9.14. The van der Waals surface area contributed by atoms with E-state index in [1.54, 1.807) is 4.90 Å². The van der Waals surface area contributed by atoms with Crippen molar-refractivity contribution in [2.45, 2.75) is 194 Å². The van der Waals surface area contributed by atoms with Crippen molar-refractivity contribution in [1.82, 2.24) is 4.90 Å². The molecule has 0 bridgehead atoms. The van der Waals surface area contributed by atoms with Crippen LogP contribution in [-0.4, -0.2) is 56.9 Å². The van der Waals surface area contributed by atoms with Gasteiger partial charge in [-0.3, -0.25) is 4.79 Å². The first-order valence-corrected chi connectivity index (χ1v) is 20.7. The molecule has 0 radical (unpaired) electrons. The molecule has 0 aliphatic carbocycles. The molecular formula is C42H82N2O3. The van der Waals surface area contributed by atoms with E-state index in [2.05, 4.69) is 38.2 Å². The van der Waals surface area contributed by atoms with Crippen LogP contribution in [0.15, 0.2) is 24.3 Å². The van der Waals surface area contributed by atoms with Gasteiger partial charge in [0.05, 0.1) is 19.8 Å². The Bertz CT molecular complexity index is 618. The highest BCUT2D eigenvalue weighted by Crippen LogP contribution is 2.12. The first-order chi connectivity index (χ1) is 23.3. The zero-order valence-corrected chi connectivity index (χ0v) is 31.8. The number of unbranched alkanes of at least 4 members (excludes halogenated alkanes) is 24. The van der Waals surface area contributed by atoms with Crippen LogP contribution in [0.1, 0.15) is 194 Å². The summed E-state index contributed by atoms with van der Waals surface area (Å²) in [6, 6.07) is 0. The minimum atomic E-state index is -0.0216. The summed E-state index contributed by atoms with van der Waals surface area (Å²) in [5, 5.41) is 0. The SMILES string of the molecule is CCCCCCCCC=CCCCCCCCCOCCN(CCOCCCCCCCCC=CCCCCCCCC)C(=O)CN. The summed E-state index contributed by atoms with van der Waals surface area (Å²) >= 11 is 0. The predicted molar refractivity (Wildman–Crippen MR) is 206 cm³/mol. The number of carbonyl (C=O) groups excluding carboxylic acids is 1. The highest BCUT2D eigenvalue weighted by molar-refractivity contribution is 5.77. The van der Waals surface area contributed by atoms with E-state index in [1.165, 1.54) is 167 Å². The van der Waals surface area contributed by atoms with Gasteiger partial charge in [0.1, 0.15) is 0 Å². The number of carbonyl (C=O) groups is 1. The number of allylic oxidation sites excluding steroid dienone is 4. The van der Waals surface area contributed by atoms with Crippen molar-refractivity contribution in [3.63, 3.8) is 0 Å². The zero-order chi connectivity index (χ0) is 34.1. The molecule has 278 valence electrons. The Morgan fingerprint density at radius 2 is 0.745 bits per heavy atom. The summed E-state index contributed by atoms with van der Waals surface area (Å²) < 4.78 is 11.7. The quantitative estimate of drug-likeness (QED) is 0.0525. The highest BCUT2D eigenvalue weighted by atomic mass is 16.5. The fourth-order valence-corrected chi connectivity index (χ4v) is 5.95.